The lowest BCUT2D eigenvalue weighted by Gasteiger charge is -2.31. The molecule has 0 saturated carbocycles. The molecule has 1 aliphatic heterocycles. The molecule has 4 rings (SSSR count). The Hall–Kier alpha value is -2.51. The standard InChI is InChI=1S/C19H20N4O2S/c24-12-14-10-16(26-13-14)6-7-18(25)22-8-3-4-15(11-22)19-21-20-17-5-1-2-9-23(17)19/h1-2,5-7,9-10,13,15,24H,3-4,8,11-12H2/b7-6+. The summed E-state index contributed by atoms with van der Waals surface area (Å²) in [6.07, 6.45) is 7.38. The molecule has 3 aromatic rings. The van der Waals surface area contributed by atoms with Gasteiger partial charge in [-0.2, -0.15) is 0 Å². The predicted octanol–water partition coefficient (Wildman–Crippen LogP) is 2.70. The number of carbonyl (C=O) groups is 1. The minimum Gasteiger partial charge on any atom is -0.392 e. The van der Waals surface area contributed by atoms with E-state index in [2.05, 4.69) is 10.2 Å². The molecule has 6 nitrogen and oxygen atoms in total. The van der Waals surface area contributed by atoms with Crippen LogP contribution in [0.5, 0.6) is 0 Å². The number of aliphatic hydroxyl groups excluding tert-OH is 1. The van der Waals surface area contributed by atoms with Gasteiger partial charge in [-0.25, -0.2) is 0 Å². The number of piperidine rings is 1. The van der Waals surface area contributed by atoms with Crippen LogP contribution >= 0.6 is 11.3 Å². The summed E-state index contributed by atoms with van der Waals surface area (Å²) in [4.78, 5) is 15.4. The Morgan fingerprint density at radius 3 is 3.15 bits per heavy atom. The first-order valence-corrected chi connectivity index (χ1v) is 9.57. The number of pyridine rings is 1. The van der Waals surface area contributed by atoms with Gasteiger partial charge in [-0.15, -0.1) is 21.5 Å². The van der Waals surface area contributed by atoms with Crippen molar-refractivity contribution in [3.05, 3.63) is 58.2 Å². The minimum absolute atomic E-state index is 0.0162. The quantitative estimate of drug-likeness (QED) is 0.719. The molecule has 1 atom stereocenters. The fraction of sp³-hybridized carbons (Fsp3) is 0.316. The summed E-state index contributed by atoms with van der Waals surface area (Å²) in [6.45, 7) is 1.45. The van der Waals surface area contributed by atoms with Gasteiger partial charge in [-0.1, -0.05) is 6.07 Å². The molecule has 1 fully saturated rings. The Labute approximate surface area is 155 Å². The van der Waals surface area contributed by atoms with Gasteiger partial charge in [0, 0.05) is 36.2 Å². The van der Waals surface area contributed by atoms with Crippen molar-refractivity contribution in [1.82, 2.24) is 19.5 Å². The number of aromatic nitrogens is 3. The van der Waals surface area contributed by atoms with Gasteiger partial charge >= 0.3 is 0 Å². The predicted molar refractivity (Wildman–Crippen MR) is 101 cm³/mol. The highest BCUT2D eigenvalue weighted by Crippen LogP contribution is 2.26. The van der Waals surface area contributed by atoms with E-state index in [4.69, 9.17) is 5.11 Å². The van der Waals surface area contributed by atoms with Gasteiger partial charge in [-0.05, 0) is 48.1 Å². The van der Waals surface area contributed by atoms with Crippen molar-refractivity contribution in [2.45, 2.75) is 25.4 Å². The molecule has 0 spiro atoms. The number of hydrogen-bond donors (Lipinski definition) is 1. The summed E-state index contributed by atoms with van der Waals surface area (Å²) in [7, 11) is 0. The maximum atomic E-state index is 12.6. The SMILES string of the molecule is O=C(/C=C/c1cc(CO)cs1)N1CCCC(c2nnc3ccccn23)C1. The molecule has 0 bridgehead atoms. The topological polar surface area (TPSA) is 70.7 Å². The molecule has 1 amide bonds. The molecule has 26 heavy (non-hydrogen) atoms. The highest BCUT2D eigenvalue weighted by molar-refractivity contribution is 7.11. The third kappa shape index (κ3) is 3.40. The van der Waals surface area contributed by atoms with E-state index in [1.807, 2.05) is 51.2 Å². The van der Waals surface area contributed by atoms with Crippen LogP contribution in [0.4, 0.5) is 0 Å². The summed E-state index contributed by atoms with van der Waals surface area (Å²) in [5, 5.41) is 19.6. The molecular weight excluding hydrogens is 348 g/mol. The summed E-state index contributed by atoms with van der Waals surface area (Å²) in [6, 6.07) is 7.75. The highest BCUT2D eigenvalue weighted by atomic mass is 32.1. The second-order valence-electron chi connectivity index (χ2n) is 6.46. The zero-order valence-corrected chi connectivity index (χ0v) is 15.1. The second kappa shape index (κ2) is 7.39. The van der Waals surface area contributed by atoms with Crippen molar-refractivity contribution in [3.63, 3.8) is 0 Å². The summed E-state index contributed by atoms with van der Waals surface area (Å²) in [5.74, 6) is 1.14. The first kappa shape index (κ1) is 16.9. The van der Waals surface area contributed by atoms with Crippen LogP contribution in [0.2, 0.25) is 0 Å². The van der Waals surface area contributed by atoms with E-state index >= 15 is 0 Å². The summed E-state index contributed by atoms with van der Waals surface area (Å²) >= 11 is 1.52. The monoisotopic (exact) mass is 368 g/mol. The lowest BCUT2D eigenvalue weighted by Crippen LogP contribution is -2.38. The molecule has 1 saturated heterocycles. The molecular formula is C19H20N4O2S. The number of amides is 1. The van der Waals surface area contributed by atoms with E-state index < -0.39 is 0 Å². The van der Waals surface area contributed by atoms with Crippen LogP contribution in [0.25, 0.3) is 11.7 Å². The number of thiophene rings is 1. The van der Waals surface area contributed by atoms with Crippen LogP contribution < -0.4 is 0 Å². The van der Waals surface area contributed by atoms with Gasteiger partial charge in [0.2, 0.25) is 5.91 Å². The number of fused-ring (bicyclic) bond motifs is 1. The van der Waals surface area contributed by atoms with Gasteiger partial charge in [0.15, 0.2) is 5.65 Å². The molecule has 134 valence electrons. The maximum Gasteiger partial charge on any atom is 0.246 e. The van der Waals surface area contributed by atoms with E-state index in [1.54, 1.807) is 6.08 Å². The van der Waals surface area contributed by atoms with E-state index in [1.165, 1.54) is 11.3 Å². The van der Waals surface area contributed by atoms with Gasteiger partial charge in [0.1, 0.15) is 5.82 Å². The molecule has 1 unspecified atom stereocenters. The average molecular weight is 368 g/mol. The third-order valence-corrected chi connectivity index (χ3v) is 5.63. The van der Waals surface area contributed by atoms with Gasteiger partial charge in [0.25, 0.3) is 0 Å². The molecule has 1 aliphatic rings. The first-order valence-electron chi connectivity index (χ1n) is 8.69. The smallest absolute Gasteiger partial charge is 0.246 e. The van der Waals surface area contributed by atoms with E-state index in [0.717, 1.165) is 41.3 Å². The van der Waals surface area contributed by atoms with Crippen molar-refractivity contribution in [3.8, 4) is 0 Å². The fourth-order valence-electron chi connectivity index (χ4n) is 3.35. The van der Waals surface area contributed by atoms with Crippen molar-refractivity contribution >= 4 is 29.0 Å². The number of carbonyl (C=O) groups excluding carboxylic acids is 1. The van der Waals surface area contributed by atoms with Gasteiger partial charge < -0.3 is 10.0 Å². The summed E-state index contributed by atoms with van der Waals surface area (Å²) < 4.78 is 2.01. The zero-order chi connectivity index (χ0) is 17.9. The van der Waals surface area contributed by atoms with Crippen LogP contribution in [-0.2, 0) is 11.4 Å². The van der Waals surface area contributed by atoms with E-state index in [9.17, 15) is 4.79 Å². The summed E-state index contributed by atoms with van der Waals surface area (Å²) in [5.41, 5.74) is 1.71. The van der Waals surface area contributed by atoms with Gasteiger partial charge in [-0.3, -0.25) is 9.20 Å². The Morgan fingerprint density at radius 1 is 1.38 bits per heavy atom. The number of rotatable bonds is 4. The van der Waals surface area contributed by atoms with Gasteiger partial charge in [0.05, 0.1) is 6.61 Å². The Balaban J connectivity index is 1.47. The van der Waals surface area contributed by atoms with Crippen LogP contribution in [0.15, 0.2) is 41.9 Å². The molecule has 0 radical (unpaired) electrons. The first-order chi connectivity index (χ1) is 12.7. The molecule has 0 aliphatic carbocycles. The van der Waals surface area contributed by atoms with Crippen molar-refractivity contribution in [2.24, 2.45) is 0 Å². The molecule has 7 heteroatoms. The van der Waals surface area contributed by atoms with Crippen LogP contribution in [0.3, 0.4) is 0 Å². The normalized spacial score (nSPS) is 18.0. The Bertz CT molecular complexity index is 946. The van der Waals surface area contributed by atoms with E-state index in [0.29, 0.717) is 6.54 Å². The van der Waals surface area contributed by atoms with Crippen LogP contribution in [0, 0.1) is 0 Å². The largest absolute Gasteiger partial charge is 0.392 e. The minimum atomic E-state index is 0.0162. The molecule has 3 aromatic heterocycles. The molecule has 0 aromatic carbocycles. The number of nitrogens with zero attached hydrogens (tertiary/aromatic N) is 4. The Kier molecular flexibility index (Phi) is 4.81. The van der Waals surface area contributed by atoms with Crippen LogP contribution in [0.1, 0.15) is 35.0 Å². The zero-order valence-electron chi connectivity index (χ0n) is 14.3. The second-order valence-corrected chi connectivity index (χ2v) is 7.40. The lowest BCUT2D eigenvalue weighted by atomic mass is 9.97. The Morgan fingerprint density at radius 2 is 2.31 bits per heavy atom. The third-order valence-electron chi connectivity index (χ3n) is 4.69. The molecule has 1 N–H and O–H groups in total. The lowest BCUT2D eigenvalue weighted by molar-refractivity contribution is -0.127. The van der Waals surface area contributed by atoms with Crippen LogP contribution in [-0.4, -0.2) is 43.6 Å². The maximum absolute atomic E-state index is 12.6. The highest BCUT2D eigenvalue weighted by Gasteiger charge is 2.27. The van der Waals surface area contributed by atoms with Crippen molar-refractivity contribution in [2.75, 3.05) is 13.1 Å². The fourth-order valence-corrected chi connectivity index (χ4v) is 4.15. The molecule has 4 heterocycles. The number of likely N-dealkylation sites (tertiary alicyclic amines) is 1. The van der Waals surface area contributed by atoms with Crippen molar-refractivity contribution < 1.29 is 9.90 Å². The van der Waals surface area contributed by atoms with Crippen molar-refractivity contribution in [1.29, 1.82) is 0 Å². The van der Waals surface area contributed by atoms with E-state index in [-0.39, 0.29) is 18.4 Å². The number of aliphatic hydroxyl groups is 1. The average Bonchev–Trinajstić information content (AvgIpc) is 3.33. The number of hydrogen-bond acceptors (Lipinski definition) is 5.